The van der Waals surface area contributed by atoms with Crippen LogP contribution in [0, 0.1) is 0 Å². The van der Waals surface area contributed by atoms with Crippen molar-refractivity contribution in [3.05, 3.63) is 23.8 Å². The number of carbonyl (C=O) groups excluding carboxylic acids is 1. The molecular weight excluding hydrogens is 312 g/mol. The van der Waals surface area contributed by atoms with E-state index in [2.05, 4.69) is 0 Å². The summed E-state index contributed by atoms with van der Waals surface area (Å²) in [6, 6.07) is 4.88. The highest BCUT2D eigenvalue weighted by Gasteiger charge is 2.42. The predicted octanol–water partition coefficient (Wildman–Crippen LogP) is 3.17. The Morgan fingerprint density at radius 2 is 1.67 bits per heavy atom. The minimum atomic E-state index is -1.39. The SMILES string of the molecule is CCC(CC(=O)OC(C)(C)C)(C(=O)O)c1ccc(OC)c(OC)c1. The third-order valence-electron chi connectivity index (χ3n) is 3.82. The lowest BCUT2D eigenvalue weighted by molar-refractivity contribution is -0.161. The van der Waals surface area contributed by atoms with Crippen molar-refractivity contribution in [3.8, 4) is 11.5 Å². The number of hydrogen-bond donors (Lipinski definition) is 1. The zero-order chi connectivity index (χ0) is 18.5. The van der Waals surface area contributed by atoms with Gasteiger partial charge in [-0.05, 0) is 44.9 Å². The van der Waals surface area contributed by atoms with Crippen LogP contribution >= 0.6 is 0 Å². The summed E-state index contributed by atoms with van der Waals surface area (Å²) in [5.74, 6) is -0.725. The summed E-state index contributed by atoms with van der Waals surface area (Å²) in [6.45, 7) is 6.97. The maximum atomic E-state index is 12.2. The number of aliphatic carboxylic acids is 1. The fourth-order valence-electron chi connectivity index (χ4n) is 2.54. The van der Waals surface area contributed by atoms with Crippen molar-refractivity contribution < 1.29 is 28.9 Å². The van der Waals surface area contributed by atoms with E-state index in [1.54, 1.807) is 45.9 Å². The zero-order valence-electron chi connectivity index (χ0n) is 15.1. The molecule has 0 amide bonds. The summed E-state index contributed by atoms with van der Waals surface area (Å²) in [6.07, 6.45) is -0.0252. The van der Waals surface area contributed by atoms with Gasteiger partial charge >= 0.3 is 11.9 Å². The first-order chi connectivity index (χ1) is 11.1. The lowest BCUT2D eigenvalue weighted by Gasteiger charge is -2.30. The van der Waals surface area contributed by atoms with Gasteiger partial charge in [0.1, 0.15) is 11.0 Å². The van der Waals surface area contributed by atoms with Crippen LogP contribution in [0.25, 0.3) is 0 Å². The van der Waals surface area contributed by atoms with Crippen molar-refractivity contribution in [3.63, 3.8) is 0 Å². The van der Waals surface area contributed by atoms with Crippen LogP contribution in [0.5, 0.6) is 11.5 Å². The van der Waals surface area contributed by atoms with Crippen molar-refractivity contribution in [2.75, 3.05) is 14.2 Å². The Labute approximate surface area is 142 Å². The van der Waals surface area contributed by atoms with Crippen LogP contribution in [0.4, 0.5) is 0 Å². The van der Waals surface area contributed by atoms with Crippen molar-refractivity contribution in [2.45, 2.75) is 51.6 Å². The van der Waals surface area contributed by atoms with E-state index in [0.29, 0.717) is 17.1 Å². The quantitative estimate of drug-likeness (QED) is 0.769. The van der Waals surface area contributed by atoms with Gasteiger partial charge in [0, 0.05) is 0 Å². The molecule has 0 fully saturated rings. The third-order valence-corrected chi connectivity index (χ3v) is 3.82. The highest BCUT2D eigenvalue weighted by Crippen LogP contribution is 2.38. The largest absolute Gasteiger partial charge is 0.493 e. The minimum absolute atomic E-state index is 0.233. The maximum absolute atomic E-state index is 12.2. The molecule has 24 heavy (non-hydrogen) atoms. The van der Waals surface area contributed by atoms with Gasteiger partial charge in [-0.2, -0.15) is 0 Å². The molecule has 1 atom stereocenters. The van der Waals surface area contributed by atoms with E-state index >= 15 is 0 Å². The molecule has 0 bridgehead atoms. The van der Waals surface area contributed by atoms with Crippen molar-refractivity contribution >= 4 is 11.9 Å². The van der Waals surface area contributed by atoms with Crippen LogP contribution in [0.3, 0.4) is 0 Å². The number of ether oxygens (including phenoxy) is 3. The molecule has 1 aromatic carbocycles. The summed E-state index contributed by atoms with van der Waals surface area (Å²) in [5.41, 5.74) is -1.59. The third kappa shape index (κ3) is 4.40. The summed E-state index contributed by atoms with van der Waals surface area (Å²) < 4.78 is 15.7. The lowest BCUT2D eigenvalue weighted by atomic mass is 9.75. The number of methoxy groups -OCH3 is 2. The summed E-state index contributed by atoms with van der Waals surface area (Å²) in [4.78, 5) is 24.3. The lowest BCUT2D eigenvalue weighted by Crippen LogP contribution is -2.39. The van der Waals surface area contributed by atoms with Crippen LogP contribution in [-0.2, 0) is 19.7 Å². The Kier molecular flexibility index (Phi) is 6.23. The van der Waals surface area contributed by atoms with E-state index in [9.17, 15) is 14.7 Å². The van der Waals surface area contributed by atoms with Gasteiger partial charge in [0.05, 0.1) is 20.6 Å². The van der Waals surface area contributed by atoms with Crippen LogP contribution in [-0.4, -0.2) is 36.9 Å². The molecule has 134 valence electrons. The molecule has 1 aromatic rings. The minimum Gasteiger partial charge on any atom is -0.493 e. The second-order valence-electron chi connectivity index (χ2n) is 6.57. The molecule has 6 nitrogen and oxygen atoms in total. The first kappa shape index (κ1) is 19.8. The fourth-order valence-corrected chi connectivity index (χ4v) is 2.54. The molecule has 0 aliphatic carbocycles. The highest BCUT2D eigenvalue weighted by molar-refractivity contribution is 5.88. The number of carboxylic acid groups (broad SMARTS) is 1. The fraction of sp³-hybridized carbons (Fsp3) is 0.556. The topological polar surface area (TPSA) is 82.1 Å². The van der Waals surface area contributed by atoms with Crippen molar-refractivity contribution in [2.24, 2.45) is 0 Å². The number of rotatable bonds is 7. The number of hydrogen-bond acceptors (Lipinski definition) is 5. The smallest absolute Gasteiger partial charge is 0.314 e. The van der Waals surface area contributed by atoms with E-state index in [1.165, 1.54) is 14.2 Å². The normalized spacial score (nSPS) is 13.8. The molecule has 1 N–H and O–H groups in total. The highest BCUT2D eigenvalue weighted by atomic mass is 16.6. The molecule has 0 aliphatic heterocycles. The van der Waals surface area contributed by atoms with Crippen LogP contribution in [0.15, 0.2) is 18.2 Å². The number of benzene rings is 1. The molecule has 0 heterocycles. The molecule has 0 saturated heterocycles. The van der Waals surface area contributed by atoms with Crippen molar-refractivity contribution in [1.82, 2.24) is 0 Å². The van der Waals surface area contributed by atoms with Gasteiger partial charge in [-0.25, -0.2) is 0 Å². The predicted molar refractivity (Wildman–Crippen MR) is 89.6 cm³/mol. The molecule has 0 radical (unpaired) electrons. The van der Waals surface area contributed by atoms with E-state index in [0.717, 1.165) is 0 Å². The Morgan fingerprint density at radius 3 is 2.08 bits per heavy atom. The van der Waals surface area contributed by atoms with Gasteiger partial charge < -0.3 is 19.3 Å². The molecule has 0 aliphatic rings. The Morgan fingerprint density at radius 1 is 1.08 bits per heavy atom. The second-order valence-corrected chi connectivity index (χ2v) is 6.57. The molecule has 0 spiro atoms. The van der Waals surface area contributed by atoms with E-state index in [1.807, 2.05) is 0 Å². The van der Waals surface area contributed by atoms with E-state index < -0.39 is 23.0 Å². The maximum Gasteiger partial charge on any atom is 0.314 e. The zero-order valence-corrected chi connectivity index (χ0v) is 15.1. The summed E-state index contributed by atoms with van der Waals surface area (Å²) in [7, 11) is 2.98. The molecule has 1 rings (SSSR count). The van der Waals surface area contributed by atoms with Gasteiger partial charge in [0.25, 0.3) is 0 Å². The summed E-state index contributed by atoms with van der Waals surface area (Å²) in [5, 5.41) is 9.83. The summed E-state index contributed by atoms with van der Waals surface area (Å²) >= 11 is 0. The number of esters is 1. The van der Waals surface area contributed by atoms with Crippen LogP contribution < -0.4 is 9.47 Å². The van der Waals surface area contributed by atoms with E-state index in [-0.39, 0.29) is 12.8 Å². The Bertz CT molecular complexity index is 602. The molecule has 0 aromatic heterocycles. The van der Waals surface area contributed by atoms with Gasteiger partial charge in [-0.3, -0.25) is 9.59 Å². The first-order valence-electron chi connectivity index (χ1n) is 7.77. The average molecular weight is 338 g/mol. The standard InChI is InChI=1S/C18H26O6/c1-7-18(16(20)21,11-15(19)24-17(2,3)4)12-8-9-13(22-5)14(10-12)23-6/h8-10H,7,11H2,1-6H3,(H,20,21). The number of carbonyl (C=O) groups is 2. The van der Waals surface area contributed by atoms with Crippen molar-refractivity contribution in [1.29, 1.82) is 0 Å². The van der Waals surface area contributed by atoms with Crippen LogP contribution in [0.1, 0.15) is 46.1 Å². The Balaban J connectivity index is 3.31. The van der Waals surface area contributed by atoms with Crippen LogP contribution in [0.2, 0.25) is 0 Å². The van der Waals surface area contributed by atoms with Gasteiger partial charge in [0.15, 0.2) is 11.5 Å². The van der Waals surface area contributed by atoms with Gasteiger partial charge in [-0.15, -0.1) is 0 Å². The second kappa shape index (κ2) is 7.55. The molecular formula is C18H26O6. The number of carboxylic acids is 1. The Hall–Kier alpha value is -2.24. The molecule has 1 unspecified atom stereocenters. The van der Waals surface area contributed by atoms with Gasteiger partial charge in [0.2, 0.25) is 0 Å². The average Bonchev–Trinajstić information content (AvgIpc) is 2.49. The molecule has 6 heteroatoms. The molecule has 0 saturated carbocycles. The first-order valence-corrected chi connectivity index (χ1v) is 7.77. The monoisotopic (exact) mass is 338 g/mol. The van der Waals surface area contributed by atoms with E-state index in [4.69, 9.17) is 14.2 Å². The van der Waals surface area contributed by atoms with Gasteiger partial charge in [-0.1, -0.05) is 13.0 Å².